The van der Waals surface area contributed by atoms with E-state index in [4.69, 9.17) is 0 Å². The summed E-state index contributed by atoms with van der Waals surface area (Å²) in [4.78, 5) is 2.84. The van der Waals surface area contributed by atoms with Crippen LogP contribution in [0.5, 0.6) is 0 Å². The first-order valence-corrected chi connectivity index (χ1v) is 13.1. The minimum Gasteiger partial charge on any atom is -0.140 e. The number of rotatable bonds is 2. The summed E-state index contributed by atoms with van der Waals surface area (Å²) in [6.07, 6.45) is 0. The van der Waals surface area contributed by atoms with Gasteiger partial charge in [0, 0.05) is 15.2 Å². The van der Waals surface area contributed by atoms with Crippen LogP contribution in [0.2, 0.25) is 0 Å². The molecule has 0 amide bonds. The van der Waals surface area contributed by atoms with E-state index in [0.717, 1.165) is 0 Å². The van der Waals surface area contributed by atoms with E-state index >= 15 is 0 Å². The van der Waals surface area contributed by atoms with Gasteiger partial charge in [-0.25, -0.2) is 0 Å². The van der Waals surface area contributed by atoms with E-state index in [-0.39, 0.29) is 5.41 Å². The van der Waals surface area contributed by atoms with Crippen molar-refractivity contribution in [1.29, 1.82) is 0 Å². The van der Waals surface area contributed by atoms with Crippen LogP contribution >= 0.6 is 11.3 Å². The quantitative estimate of drug-likeness (QED) is 0.223. The van der Waals surface area contributed by atoms with Gasteiger partial charge in [-0.05, 0) is 79.5 Å². The maximum atomic E-state index is 2.47. The molecule has 1 aromatic heterocycles. The number of benzene rings is 5. The van der Waals surface area contributed by atoms with Crippen molar-refractivity contribution in [2.24, 2.45) is 0 Å². The van der Waals surface area contributed by atoms with Crippen molar-refractivity contribution in [3.63, 3.8) is 0 Å². The Labute approximate surface area is 210 Å². The van der Waals surface area contributed by atoms with Crippen LogP contribution in [0.25, 0.3) is 54.2 Å². The third-order valence-electron chi connectivity index (χ3n) is 7.75. The van der Waals surface area contributed by atoms with Gasteiger partial charge < -0.3 is 0 Å². The van der Waals surface area contributed by atoms with Crippen LogP contribution in [0.3, 0.4) is 0 Å². The molecule has 1 heterocycles. The Morgan fingerprint density at radius 3 is 1.69 bits per heavy atom. The first-order valence-electron chi connectivity index (χ1n) is 12.3. The van der Waals surface area contributed by atoms with Crippen molar-refractivity contribution < 1.29 is 0 Å². The van der Waals surface area contributed by atoms with Crippen LogP contribution in [0, 0.1) is 6.92 Å². The van der Waals surface area contributed by atoms with Crippen molar-refractivity contribution in [3.05, 3.63) is 119 Å². The normalized spacial score (nSPS) is 13.8. The number of aryl methyl sites for hydroxylation is 1. The average molecular weight is 467 g/mol. The second-order valence-corrected chi connectivity index (χ2v) is 11.4. The summed E-state index contributed by atoms with van der Waals surface area (Å²) in [6, 6.07) is 38.2. The molecule has 0 atom stereocenters. The molecule has 1 aliphatic rings. The predicted octanol–water partition coefficient (Wildman–Crippen LogP) is 10.0. The highest BCUT2D eigenvalue weighted by atomic mass is 32.1. The lowest BCUT2D eigenvalue weighted by atomic mass is 9.80. The summed E-state index contributed by atoms with van der Waals surface area (Å²) in [6.45, 7) is 6.98. The van der Waals surface area contributed by atoms with Gasteiger partial charge in [0.2, 0.25) is 0 Å². The molecule has 0 aliphatic heterocycles. The van der Waals surface area contributed by atoms with E-state index in [9.17, 15) is 0 Å². The van der Waals surface area contributed by atoms with Crippen LogP contribution < -0.4 is 0 Å². The smallest absolute Gasteiger partial charge is 0.0389 e. The standard InChI is InChI=1S/C34H26S/c1-21-19-30-33(35-21)28-18-17-23(20-29(28)34(30,2)3)32-26-15-9-7-13-24(26)31(22-11-5-4-6-12-22)25-14-8-10-16-27(25)32/h4-20H,1-3H3. The lowest BCUT2D eigenvalue weighted by Crippen LogP contribution is -2.14. The average Bonchev–Trinajstić information content (AvgIpc) is 3.37. The zero-order chi connectivity index (χ0) is 23.7. The molecule has 7 rings (SSSR count). The van der Waals surface area contributed by atoms with E-state index in [1.165, 1.54) is 70.2 Å². The van der Waals surface area contributed by atoms with Crippen LogP contribution in [-0.4, -0.2) is 0 Å². The fourth-order valence-corrected chi connectivity index (χ4v) is 7.30. The molecular weight excluding hydrogens is 440 g/mol. The van der Waals surface area contributed by atoms with Gasteiger partial charge in [-0.15, -0.1) is 11.3 Å². The highest BCUT2D eigenvalue weighted by molar-refractivity contribution is 7.15. The Bertz CT molecular complexity index is 1710. The highest BCUT2D eigenvalue weighted by Gasteiger charge is 2.37. The molecule has 0 saturated carbocycles. The zero-order valence-electron chi connectivity index (χ0n) is 20.2. The molecule has 0 radical (unpaired) electrons. The second-order valence-electron chi connectivity index (χ2n) is 10.2. The number of fused-ring (bicyclic) bond motifs is 5. The summed E-state index contributed by atoms with van der Waals surface area (Å²) in [5, 5.41) is 5.24. The molecule has 6 aromatic rings. The lowest BCUT2D eigenvalue weighted by Gasteiger charge is -2.22. The molecule has 0 unspecified atom stereocenters. The van der Waals surface area contributed by atoms with E-state index < -0.39 is 0 Å². The van der Waals surface area contributed by atoms with Crippen LogP contribution in [-0.2, 0) is 5.41 Å². The van der Waals surface area contributed by atoms with Gasteiger partial charge in [0.25, 0.3) is 0 Å². The topological polar surface area (TPSA) is 0 Å². The van der Waals surface area contributed by atoms with Crippen molar-refractivity contribution in [2.45, 2.75) is 26.2 Å². The molecule has 35 heavy (non-hydrogen) atoms. The molecule has 1 heteroatoms. The Kier molecular flexibility index (Phi) is 4.38. The van der Waals surface area contributed by atoms with Crippen molar-refractivity contribution in [2.75, 3.05) is 0 Å². The summed E-state index contributed by atoms with van der Waals surface area (Å²) in [5.74, 6) is 0. The van der Waals surface area contributed by atoms with Crippen LogP contribution in [0.4, 0.5) is 0 Å². The predicted molar refractivity (Wildman–Crippen MR) is 153 cm³/mol. The Morgan fingerprint density at radius 2 is 1.09 bits per heavy atom. The summed E-state index contributed by atoms with van der Waals surface area (Å²) in [5.41, 5.74) is 9.55. The number of hydrogen-bond donors (Lipinski definition) is 0. The number of thiophene rings is 1. The van der Waals surface area contributed by atoms with Gasteiger partial charge in [-0.2, -0.15) is 0 Å². The van der Waals surface area contributed by atoms with Crippen molar-refractivity contribution in [3.8, 4) is 32.7 Å². The first-order chi connectivity index (χ1) is 17.0. The maximum Gasteiger partial charge on any atom is 0.0389 e. The van der Waals surface area contributed by atoms with Crippen LogP contribution in [0.1, 0.15) is 29.9 Å². The third kappa shape index (κ3) is 2.92. The zero-order valence-corrected chi connectivity index (χ0v) is 21.0. The minimum atomic E-state index is 0.0149. The molecule has 168 valence electrons. The maximum absolute atomic E-state index is 2.47. The minimum absolute atomic E-state index is 0.0149. The molecule has 0 N–H and O–H groups in total. The van der Waals surface area contributed by atoms with Crippen LogP contribution in [0.15, 0.2) is 103 Å². The molecule has 0 spiro atoms. The SMILES string of the molecule is Cc1cc2c(s1)-c1ccc(-c3c4ccccc4c(-c4ccccc4)c4ccccc34)cc1C2(C)C. The molecule has 0 saturated heterocycles. The molecule has 1 aliphatic carbocycles. The Balaban J connectivity index is 1.57. The van der Waals surface area contributed by atoms with Gasteiger partial charge in [-0.3, -0.25) is 0 Å². The molecule has 0 nitrogen and oxygen atoms in total. The van der Waals surface area contributed by atoms with Gasteiger partial charge in [0.05, 0.1) is 0 Å². The summed E-state index contributed by atoms with van der Waals surface area (Å²) < 4.78 is 0. The lowest BCUT2D eigenvalue weighted by molar-refractivity contribution is 0.661. The third-order valence-corrected chi connectivity index (χ3v) is 8.83. The van der Waals surface area contributed by atoms with E-state index in [1.54, 1.807) is 0 Å². The van der Waals surface area contributed by atoms with E-state index in [1.807, 2.05) is 11.3 Å². The summed E-state index contributed by atoms with van der Waals surface area (Å²) >= 11 is 1.93. The monoisotopic (exact) mass is 466 g/mol. The van der Waals surface area contributed by atoms with Gasteiger partial charge >= 0.3 is 0 Å². The molecule has 5 aromatic carbocycles. The van der Waals surface area contributed by atoms with E-state index in [0.29, 0.717) is 0 Å². The first kappa shape index (κ1) is 20.7. The Morgan fingerprint density at radius 1 is 0.543 bits per heavy atom. The second kappa shape index (κ2) is 7.41. The van der Waals surface area contributed by atoms with Gasteiger partial charge in [0.1, 0.15) is 0 Å². The molecule has 0 fully saturated rings. The largest absolute Gasteiger partial charge is 0.140 e. The fourth-order valence-electron chi connectivity index (χ4n) is 6.09. The van der Waals surface area contributed by atoms with Gasteiger partial charge in [-0.1, -0.05) is 105 Å². The highest BCUT2D eigenvalue weighted by Crippen LogP contribution is 2.53. The number of hydrogen-bond acceptors (Lipinski definition) is 1. The molecular formula is C34H26S. The molecule has 0 bridgehead atoms. The van der Waals surface area contributed by atoms with E-state index in [2.05, 4.69) is 124 Å². The van der Waals surface area contributed by atoms with Crippen molar-refractivity contribution >= 4 is 32.9 Å². The van der Waals surface area contributed by atoms with Gasteiger partial charge in [0.15, 0.2) is 0 Å². The summed E-state index contributed by atoms with van der Waals surface area (Å²) in [7, 11) is 0. The fraction of sp³-hybridized carbons (Fsp3) is 0.118. The van der Waals surface area contributed by atoms with Crippen molar-refractivity contribution in [1.82, 2.24) is 0 Å². The Hall–Kier alpha value is -3.68.